The average molecular weight is 468 g/mol. The average Bonchev–Trinajstić information content (AvgIpc) is 2.79. The van der Waals surface area contributed by atoms with E-state index in [1.54, 1.807) is 0 Å². The van der Waals surface area contributed by atoms with Crippen LogP contribution in [-0.2, 0) is 9.53 Å². The Balaban J connectivity index is 3.24. The minimum atomic E-state index is -0.0740. The zero-order chi connectivity index (χ0) is 24.4. The summed E-state index contributed by atoms with van der Waals surface area (Å²) < 4.78 is 5.18. The Labute approximate surface area is 208 Å². The van der Waals surface area contributed by atoms with E-state index in [-0.39, 0.29) is 12.0 Å². The Morgan fingerprint density at radius 3 is 1.12 bits per heavy atom. The Kier molecular flexibility index (Phi) is 25.6. The standard InChI is InChI=1S/C30H61NO2/c1-5-7-8-9-10-11-12-13-14-15-16-17-18-19-20-21-22-23-24-25-26-27-28-29(31(3)4)30(32)33-6-2/h29H,5-28H2,1-4H3. The molecule has 0 aromatic carbocycles. The van der Waals surface area contributed by atoms with Crippen molar-refractivity contribution in [2.24, 2.45) is 0 Å². The van der Waals surface area contributed by atoms with E-state index < -0.39 is 0 Å². The first kappa shape index (κ1) is 32.4. The number of nitrogens with zero attached hydrogens (tertiary/aromatic N) is 1. The summed E-state index contributed by atoms with van der Waals surface area (Å²) in [7, 11) is 3.94. The van der Waals surface area contributed by atoms with Crippen molar-refractivity contribution in [3.63, 3.8) is 0 Å². The van der Waals surface area contributed by atoms with Crippen molar-refractivity contribution in [2.75, 3.05) is 20.7 Å². The van der Waals surface area contributed by atoms with Gasteiger partial charge >= 0.3 is 5.97 Å². The predicted octanol–water partition coefficient (Wildman–Crippen LogP) is 9.47. The fourth-order valence-corrected chi connectivity index (χ4v) is 4.77. The second kappa shape index (κ2) is 26.0. The third-order valence-electron chi connectivity index (χ3n) is 7.01. The molecule has 0 rings (SSSR count). The maximum absolute atomic E-state index is 12.0. The Hall–Kier alpha value is -0.570. The van der Waals surface area contributed by atoms with Gasteiger partial charge in [0.2, 0.25) is 0 Å². The summed E-state index contributed by atoms with van der Waals surface area (Å²) >= 11 is 0. The molecule has 0 amide bonds. The van der Waals surface area contributed by atoms with Crippen LogP contribution >= 0.6 is 0 Å². The van der Waals surface area contributed by atoms with Gasteiger partial charge in [-0.2, -0.15) is 0 Å². The quantitative estimate of drug-likeness (QED) is 0.0936. The highest BCUT2D eigenvalue weighted by Gasteiger charge is 2.21. The summed E-state index contributed by atoms with van der Waals surface area (Å²) in [6.07, 6.45) is 31.9. The predicted molar refractivity (Wildman–Crippen MR) is 146 cm³/mol. The summed E-state index contributed by atoms with van der Waals surface area (Å²) in [5.74, 6) is -0.0639. The minimum Gasteiger partial charge on any atom is -0.465 e. The lowest BCUT2D eigenvalue weighted by Gasteiger charge is -2.22. The maximum atomic E-state index is 12.0. The van der Waals surface area contributed by atoms with Crippen LogP contribution in [0.2, 0.25) is 0 Å². The van der Waals surface area contributed by atoms with Crippen molar-refractivity contribution >= 4 is 5.97 Å². The Bertz CT molecular complexity index is 397. The van der Waals surface area contributed by atoms with Gasteiger partial charge in [-0.3, -0.25) is 9.69 Å². The van der Waals surface area contributed by atoms with Gasteiger partial charge in [0.15, 0.2) is 0 Å². The van der Waals surface area contributed by atoms with Crippen LogP contribution in [0.5, 0.6) is 0 Å². The van der Waals surface area contributed by atoms with E-state index >= 15 is 0 Å². The maximum Gasteiger partial charge on any atom is 0.323 e. The molecule has 0 radical (unpaired) electrons. The highest BCUT2D eigenvalue weighted by Crippen LogP contribution is 2.16. The first-order valence-electron chi connectivity index (χ1n) is 15.0. The van der Waals surface area contributed by atoms with E-state index in [4.69, 9.17) is 4.74 Å². The van der Waals surface area contributed by atoms with Crippen LogP contribution in [0.4, 0.5) is 0 Å². The molecule has 1 atom stereocenters. The molecule has 1 unspecified atom stereocenters. The first-order chi connectivity index (χ1) is 16.1. The largest absolute Gasteiger partial charge is 0.465 e. The molecule has 0 saturated carbocycles. The van der Waals surface area contributed by atoms with Crippen molar-refractivity contribution < 1.29 is 9.53 Å². The van der Waals surface area contributed by atoms with Crippen LogP contribution < -0.4 is 0 Å². The smallest absolute Gasteiger partial charge is 0.323 e. The van der Waals surface area contributed by atoms with Gasteiger partial charge in [-0.05, 0) is 27.4 Å². The molecule has 0 bridgehead atoms. The number of carbonyl (C=O) groups is 1. The van der Waals surface area contributed by atoms with E-state index in [1.165, 1.54) is 135 Å². The van der Waals surface area contributed by atoms with Crippen LogP contribution in [-0.4, -0.2) is 37.6 Å². The van der Waals surface area contributed by atoms with Gasteiger partial charge in [-0.1, -0.05) is 148 Å². The van der Waals surface area contributed by atoms with E-state index in [1.807, 2.05) is 25.9 Å². The van der Waals surface area contributed by atoms with E-state index in [0.717, 1.165) is 12.8 Å². The number of likely N-dealkylation sites (N-methyl/N-ethyl adjacent to an activating group) is 1. The molecule has 33 heavy (non-hydrogen) atoms. The molecule has 0 saturated heterocycles. The van der Waals surface area contributed by atoms with Crippen molar-refractivity contribution in [1.82, 2.24) is 4.90 Å². The van der Waals surface area contributed by atoms with Crippen molar-refractivity contribution in [3.05, 3.63) is 0 Å². The zero-order valence-electron chi connectivity index (χ0n) is 23.3. The zero-order valence-corrected chi connectivity index (χ0v) is 23.3. The summed E-state index contributed by atoms with van der Waals surface area (Å²) in [6, 6.07) is -0.0740. The second-order valence-electron chi connectivity index (χ2n) is 10.4. The molecule has 3 heteroatoms. The molecule has 198 valence electrons. The summed E-state index contributed by atoms with van der Waals surface area (Å²) in [5, 5.41) is 0. The van der Waals surface area contributed by atoms with Crippen molar-refractivity contribution in [2.45, 2.75) is 168 Å². The molecule has 3 nitrogen and oxygen atoms in total. The number of carbonyl (C=O) groups excluding carboxylic acids is 1. The Morgan fingerprint density at radius 1 is 0.545 bits per heavy atom. The van der Waals surface area contributed by atoms with Crippen LogP contribution in [0.3, 0.4) is 0 Å². The first-order valence-corrected chi connectivity index (χ1v) is 15.0. The molecular formula is C30H61NO2. The number of esters is 1. The summed E-state index contributed by atoms with van der Waals surface area (Å²) in [6.45, 7) is 4.65. The monoisotopic (exact) mass is 467 g/mol. The van der Waals surface area contributed by atoms with Gasteiger partial charge in [-0.25, -0.2) is 0 Å². The summed E-state index contributed by atoms with van der Waals surface area (Å²) in [4.78, 5) is 14.0. The van der Waals surface area contributed by atoms with Crippen LogP contribution in [0, 0.1) is 0 Å². The number of ether oxygens (including phenoxy) is 1. The molecule has 0 aliphatic carbocycles. The van der Waals surface area contributed by atoms with Crippen molar-refractivity contribution in [3.8, 4) is 0 Å². The van der Waals surface area contributed by atoms with E-state index in [0.29, 0.717) is 6.61 Å². The number of hydrogen-bond acceptors (Lipinski definition) is 3. The van der Waals surface area contributed by atoms with E-state index in [9.17, 15) is 4.79 Å². The number of hydrogen-bond donors (Lipinski definition) is 0. The van der Waals surface area contributed by atoms with Crippen LogP contribution in [0.1, 0.15) is 162 Å². The van der Waals surface area contributed by atoms with Gasteiger partial charge in [0, 0.05) is 0 Å². The SMILES string of the molecule is CCCCCCCCCCCCCCCCCCCCCCCCC(C(=O)OCC)N(C)C. The molecule has 0 N–H and O–H groups in total. The van der Waals surface area contributed by atoms with Gasteiger partial charge in [0.05, 0.1) is 6.61 Å². The minimum absolute atomic E-state index is 0.0639. The number of unbranched alkanes of at least 4 members (excludes halogenated alkanes) is 21. The van der Waals surface area contributed by atoms with Gasteiger partial charge < -0.3 is 4.74 Å². The fourth-order valence-electron chi connectivity index (χ4n) is 4.77. The summed E-state index contributed by atoms with van der Waals surface area (Å²) in [5.41, 5.74) is 0. The van der Waals surface area contributed by atoms with Crippen LogP contribution in [0.25, 0.3) is 0 Å². The van der Waals surface area contributed by atoms with Gasteiger partial charge in [-0.15, -0.1) is 0 Å². The highest BCUT2D eigenvalue weighted by molar-refractivity contribution is 5.75. The lowest BCUT2D eigenvalue weighted by Crippen LogP contribution is -2.37. The lowest BCUT2D eigenvalue weighted by molar-refractivity contribution is -0.148. The molecule has 0 spiro atoms. The third kappa shape index (κ3) is 23.0. The highest BCUT2D eigenvalue weighted by atomic mass is 16.5. The Morgan fingerprint density at radius 2 is 0.848 bits per heavy atom. The molecule has 0 aromatic rings. The van der Waals surface area contributed by atoms with Gasteiger partial charge in [0.1, 0.15) is 6.04 Å². The molecule has 0 fully saturated rings. The van der Waals surface area contributed by atoms with Gasteiger partial charge in [0.25, 0.3) is 0 Å². The molecule has 0 heterocycles. The molecular weight excluding hydrogens is 406 g/mol. The fraction of sp³-hybridized carbons (Fsp3) is 0.967. The molecule has 0 aliphatic rings. The van der Waals surface area contributed by atoms with E-state index in [2.05, 4.69) is 6.92 Å². The normalized spacial score (nSPS) is 12.4. The molecule has 0 aromatic heterocycles. The lowest BCUT2D eigenvalue weighted by atomic mass is 10.0. The third-order valence-corrected chi connectivity index (χ3v) is 7.01. The molecule has 0 aliphatic heterocycles. The topological polar surface area (TPSA) is 29.5 Å². The number of rotatable bonds is 26. The van der Waals surface area contributed by atoms with Crippen LogP contribution in [0.15, 0.2) is 0 Å². The van der Waals surface area contributed by atoms with Crippen molar-refractivity contribution in [1.29, 1.82) is 0 Å². The second-order valence-corrected chi connectivity index (χ2v) is 10.4.